The first-order valence-corrected chi connectivity index (χ1v) is 8.51. The normalized spacial score (nSPS) is 12.2. The number of hydrogen-bond acceptors (Lipinski definition) is 4. The van der Waals surface area contributed by atoms with Crippen molar-refractivity contribution in [2.45, 2.75) is 36.9 Å². The average Bonchev–Trinajstić information content (AvgIpc) is 2.94. The lowest BCUT2D eigenvalue weighted by Gasteiger charge is -2.10. The van der Waals surface area contributed by atoms with Crippen LogP contribution in [0.15, 0.2) is 40.3 Å². The first kappa shape index (κ1) is 17.5. The Kier molecular flexibility index (Phi) is 4.59. The molecule has 9 heteroatoms. The van der Waals surface area contributed by atoms with E-state index in [1.54, 1.807) is 4.40 Å². The van der Waals surface area contributed by atoms with E-state index in [2.05, 4.69) is 15.2 Å². The van der Waals surface area contributed by atoms with Gasteiger partial charge in [0.25, 0.3) is 5.56 Å². The molecule has 0 aliphatic rings. The van der Waals surface area contributed by atoms with Gasteiger partial charge < -0.3 is 0 Å². The Bertz CT molecular complexity index is 945. The summed E-state index contributed by atoms with van der Waals surface area (Å²) in [4.78, 5) is 14.3. The lowest BCUT2D eigenvalue weighted by atomic mass is 10.1. The summed E-state index contributed by atoms with van der Waals surface area (Å²) in [6, 6.07) is 6.53. The van der Waals surface area contributed by atoms with Crippen LogP contribution in [0.5, 0.6) is 0 Å². The zero-order valence-electron chi connectivity index (χ0n) is 13.5. The van der Waals surface area contributed by atoms with E-state index in [0.717, 1.165) is 23.4 Å². The fourth-order valence-corrected chi connectivity index (χ4v) is 3.29. The molecular weight excluding hydrogens is 353 g/mol. The highest BCUT2D eigenvalue weighted by atomic mass is 32.2. The molecule has 0 aliphatic carbocycles. The number of aromatic amines is 1. The number of H-pyrrole nitrogens is 1. The first-order chi connectivity index (χ1) is 11.8. The molecule has 0 amide bonds. The van der Waals surface area contributed by atoms with Crippen molar-refractivity contribution in [3.63, 3.8) is 0 Å². The van der Waals surface area contributed by atoms with Gasteiger partial charge in [-0.3, -0.25) is 14.2 Å². The maximum atomic E-state index is 12.6. The van der Waals surface area contributed by atoms with E-state index >= 15 is 0 Å². The van der Waals surface area contributed by atoms with E-state index in [1.807, 2.05) is 13.8 Å². The molecule has 0 saturated carbocycles. The SMILES string of the molecule is CC(C)c1cc(=O)[nH]c2nnc(SCc3ccc(C(F)(F)F)cc3)n12. The maximum absolute atomic E-state index is 12.6. The number of nitrogens with one attached hydrogen (secondary N) is 1. The smallest absolute Gasteiger partial charge is 0.291 e. The molecule has 0 unspecified atom stereocenters. The predicted octanol–water partition coefficient (Wildman–Crippen LogP) is 3.85. The number of halogens is 3. The molecule has 2 aromatic heterocycles. The molecule has 0 saturated heterocycles. The number of hydrogen-bond donors (Lipinski definition) is 1. The van der Waals surface area contributed by atoms with Crippen LogP contribution in [0.4, 0.5) is 13.2 Å². The highest BCUT2D eigenvalue weighted by Gasteiger charge is 2.29. The van der Waals surface area contributed by atoms with Crippen molar-refractivity contribution < 1.29 is 13.2 Å². The summed E-state index contributed by atoms with van der Waals surface area (Å²) >= 11 is 1.35. The molecule has 0 aliphatic heterocycles. The summed E-state index contributed by atoms with van der Waals surface area (Å²) in [5, 5.41) is 8.62. The Labute approximate surface area is 145 Å². The van der Waals surface area contributed by atoms with Crippen LogP contribution in [-0.4, -0.2) is 19.6 Å². The van der Waals surface area contributed by atoms with Crippen molar-refractivity contribution in [1.82, 2.24) is 19.6 Å². The van der Waals surface area contributed by atoms with Crippen molar-refractivity contribution in [2.75, 3.05) is 0 Å². The van der Waals surface area contributed by atoms with Gasteiger partial charge in [0.05, 0.1) is 5.56 Å². The molecule has 1 N–H and O–H groups in total. The second-order valence-electron chi connectivity index (χ2n) is 5.84. The average molecular weight is 368 g/mol. The van der Waals surface area contributed by atoms with Crippen molar-refractivity contribution in [3.8, 4) is 0 Å². The Balaban J connectivity index is 1.85. The summed E-state index contributed by atoms with van der Waals surface area (Å²) in [6.07, 6.45) is -4.34. The number of alkyl halides is 3. The second kappa shape index (κ2) is 6.55. The third kappa shape index (κ3) is 3.71. The molecule has 0 fully saturated rings. The molecule has 1 aromatic carbocycles. The summed E-state index contributed by atoms with van der Waals surface area (Å²) < 4.78 is 39.6. The van der Waals surface area contributed by atoms with Crippen LogP contribution in [0.1, 0.15) is 36.6 Å². The molecule has 5 nitrogen and oxygen atoms in total. The third-order valence-electron chi connectivity index (χ3n) is 3.65. The number of thioether (sulfide) groups is 1. The number of rotatable bonds is 4. The molecule has 0 bridgehead atoms. The zero-order chi connectivity index (χ0) is 18.2. The van der Waals surface area contributed by atoms with Gasteiger partial charge in [0.2, 0.25) is 5.78 Å². The van der Waals surface area contributed by atoms with Gasteiger partial charge in [0, 0.05) is 17.5 Å². The van der Waals surface area contributed by atoms with Crippen LogP contribution in [-0.2, 0) is 11.9 Å². The van der Waals surface area contributed by atoms with Gasteiger partial charge >= 0.3 is 6.18 Å². The van der Waals surface area contributed by atoms with Crippen molar-refractivity contribution in [3.05, 3.63) is 57.5 Å². The molecule has 3 rings (SSSR count). The van der Waals surface area contributed by atoms with Gasteiger partial charge in [-0.1, -0.05) is 37.7 Å². The van der Waals surface area contributed by atoms with E-state index in [9.17, 15) is 18.0 Å². The molecular formula is C16H15F3N4OS. The summed E-state index contributed by atoms with van der Waals surface area (Å²) in [5.74, 6) is 0.882. The molecule has 25 heavy (non-hydrogen) atoms. The monoisotopic (exact) mass is 368 g/mol. The van der Waals surface area contributed by atoms with Crippen molar-refractivity contribution in [1.29, 1.82) is 0 Å². The number of nitrogens with zero attached hydrogens (tertiary/aromatic N) is 3. The van der Waals surface area contributed by atoms with Crippen LogP contribution in [0.2, 0.25) is 0 Å². The standard InChI is InChI=1S/C16H15F3N4OS/c1-9(2)12-7-13(24)20-14-21-22-15(23(12)14)25-8-10-3-5-11(6-4-10)16(17,18)19/h3-7,9H,8H2,1-2H3,(H,20,21,24). The van der Waals surface area contributed by atoms with Gasteiger partial charge in [0.1, 0.15) is 0 Å². The Hall–Kier alpha value is -2.29. The Morgan fingerprint density at radius 2 is 1.88 bits per heavy atom. The van der Waals surface area contributed by atoms with Crippen LogP contribution in [0, 0.1) is 0 Å². The maximum Gasteiger partial charge on any atom is 0.416 e. The van der Waals surface area contributed by atoms with Crippen LogP contribution < -0.4 is 5.56 Å². The highest BCUT2D eigenvalue weighted by molar-refractivity contribution is 7.98. The number of aromatic nitrogens is 4. The summed E-state index contributed by atoms with van der Waals surface area (Å²) in [6.45, 7) is 3.91. The zero-order valence-corrected chi connectivity index (χ0v) is 14.3. The minimum Gasteiger partial charge on any atom is -0.291 e. The molecule has 0 atom stereocenters. The fourth-order valence-electron chi connectivity index (χ4n) is 2.39. The van der Waals surface area contributed by atoms with E-state index in [1.165, 1.54) is 30.0 Å². The number of fused-ring (bicyclic) bond motifs is 1. The quantitative estimate of drug-likeness (QED) is 0.711. The third-order valence-corrected chi connectivity index (χ3v) is 4.65. The van der Waals surface area contributed by atoms with Crippen LogP contribution in [0.25, 0.3) is 5.78 Å². The molecule has 2 heterocycles. The van der Waals surface area contributed by atoms with Crippen molar-refractivity contribution in [2.24, 2.45) is 0 Å². The first-order valence-electron chi connectivity index (χ1n) is 7.53. The van der Waals surface area contributed by atoms with E-state index in [-0.39, 0.29) is 11.5 Å². The largest absolute Gasteiger partial charge is 0.416 e. The molecule has 0 spiro atoms. The van der Waals surface area contributed by atoms with Crippen LogP contribution >= 0.6 is 11.8 Å². The van der Waals surface area contributed by atoms with E-state index in [4.69, 9.17) is 0 Å². The summed E-state index contributed by atoms with van der Waals surface area (Å²) in [7, 11) is 0. The lowest BCUT2D eigenvalue weighted by molar-refractivity contribution is -0.137. The molecule has 132 valence electrons. The Morgan fingerprint density at radius 1 is 1.20 bits per heavy atom. The van der Waals surface area contributed by atoms with Gasteiger partial charge in [-0.25, -0.2) is 0 Å². The van der Waals surface area contributed by atoms with Crippen LogP contribution in [0.3, 0.4) is 0 Å². The molecule has 0 radical (unpaired) electrons. The topological polar surface area (TPSA) is 63.0 Å². The lowest BCUT2D eigenvalue weighted by Crippen LogP contribution is -2.12. The van der Waals surface area contributed by atoms with Gasteiger partial charge in [-0.05, 0) is 23.6 Å². The second-order valence-corrected chi connectivity index (χ2v) is 6.78. The van der Waals surface area contributed by atoms with Gasteiger partial charge in [0.15, 0.2) is 5.16 Å². The highest BCUT2D eigenvalue weighted by Crippen LogP contribution is 2.30. The minimum atomic E-state index is -4.34. The summed E-state index contributed by atoms with van der Waals surface area (Å²) in [5.41, 5.74) is 0.598. The fraction of sp³-hybridized carbons (Fsp3) is 0.312. The number of benzene rings is 1. The Morgan fingerprint density at radius 3 is 2.48 bits per heavy atom. The van der Waals surface area contributed by atoms with E-state index in [0.29, 0.717) is 16.7 Å². The predicted molar refractivity (Wildman–Crippen MR) is 88.7 cm³/mol. The van der Waals surface area contributed by atoms with E-state index < -0.39 is 11.7 Å². The van der Waals surface area contributed by atoms with Gasteiger partial charge in [-0.2, -0.15) is 13.2 Å². The molecule has 3 aromatic rings. The van der Waals surface area contributed by atoms with Gasteiger partial charge in [-0.15, -0.1) is 10.2 Å². The van der Waals surface area contributed by atoms with Crippen molar-refractivity contribution >= 4 is 17.5 Å². The minimum absolute atomic E-state index is 0.0891.